The van der Waals surface area contributed by atoms with Crippen LogP contribution in [0.15, 0.2) is 0 Å². The molecule has 2 atom stereocenters. The second-order valence-corrected chi connectivity index (χ2v) is 8.81. The van der Waals surface area contributed by atoms with Gasteiger partial charge in [-0.05, 0) is 58.0 Å². The van der Waals surface area contributed by atoms with E-state index in [0.29, 0.717) is 19.4 Å². The Kier molecular flexibility index (Phi) is 20.3. The average Bonchev–Trinajstić information content (AvgIpc) is 3.22. The fraction of sp³-hybridized carbons (Fsp3) is 0.958. The third-order valence-electron chi connectivity index (χ3n) is 6.01. The van der Waals surface area contributed by atoms with Crippen molar-refractivity contribution in [1.29, 1.82) is 0 Å². The van der Waals surface area contributed by atoms with Crippen molar-refractivity contribution < 1.29 is 19.7 Å². The Morgan fingerprint density at radius 2 is 1.37 bits per heavy atom. The van der Waals surface area contributed by atoms with E-state index < -0.39 is 0 Å². The minimum Gasteiger partial charge on any atom is -0.464 e. The van der Waals surface area contributed by atoms with Gasteiger partial charge in [0.05, 0.1) is 12.2 Å². The maximum atomic E-state index is 11.7. The van der Waals surface area contributed by atoms with Crippen LogP contribution in [0.4, 0.5) is 0 Å². The van der Waals surface area contributed by atoms with Crippen molar-refractivity contribution >= 4 is 18.4 Å². The minimum atomic E-state index is -0.272. The van der Waals surface area contributed by atoms with E-state index in [9.17, 15) is 15.0 Å². The first-order chi connectivity index (χ1) is 14.1. The molecule has 5 nitrogen and oxygen atoms in total. The van der Waals surface area contributed by atoms with E-state index >= 15 is 0 Å². The van der Waals surface area contributed by atoms with E-state index in [4.69, 9.17) is 4.74 Å². The van der Waals surface area contributed by atoms with Crippen LogP contribution >= 0.6 is 12.4 Å². The van der Waals surface area contributed by atoms with Crippen molar-refractivity contribution in [3.8, 4) is 0 Å². The third-order valence-corrected chi connectivity index (χ3v) is 6.01. The summed E-state index contributed by atoms with van der Waals surface area (Å²) in [5, 5.41) is 20.0. The molecule has 0 aromatic carbocycles. The fourth-order valence-corrected chi connectivity index (χ4v) is 4.03. The number of unbranched alkanes of at least 4 members (excludes halogenated alkanes) is 7. The van der Waals surface area contributed by atoms with Gasteiger partial charge >= 0.3 is 5.97 Å². The lowest BCUT2D eigenvalue weighted by molar-refractivity contribution is -0.144. The molecule has 2 N–H and O–H groups in total. The van der Waals surface area contributed by atoms with Gasteiger partial charge in [0.15, 0.2) is 0 Å². The number of esters is 1. The van der Waals surface area contributed by atoms with Gasteiger partial charge in [-0.1, -0.05) is 58.3 Å². The van der Waals surface area contributed by atoms with Crippen LogP contribution in [-0.4, -0.2) is 59.5 Å². The van der Waals surface area contributed by atoms with E-state index in [2.05, 4.69) is 11.8 Å². The maximum absolute atomic E-state index is 11.7. The van der Waals surface area contributed by atoms with Crippen LogP contribution < -0.4 is 0 Å². The predicted molar refractivity (Wildman–Crippen MR) is 126 cm³/mol. The standard InChI is InChI=1S/C24H47NO4.ClH/c1-2-3-8-13-22(26)16-17-23(27)14-9-6-4-5-7-10-15-24(28)29-21-20-25-18-11-12-19-25;/h22-23,26-27H,2-21H2,1H3;1H. The molecule has 0 spiro atoms. The second-order valence-electron chi connectivity index (χ2n) is 8.81. The molecule has 0 saturated carbocycles. The Morgan fingerprint density at radius 3 is 1.97 bits per heavy atom. The molecule has 1 heterocycles. The molecule has 0 radical (unpaired) electrons. The number of hydrogen-bond donors (Lipinski definition) is 2. The quantitative estimate of drug-likeness (QED) is 0.208. The average molecular weight is 450 g/mol. The lowest BCUT2D eigenvalue weighted by atomic mass is 10.0. The molecular formula is C24H48ClNO4. The Balaban J connectivity index is 0.00000841. The Labute approximate surface area is 191 Å². The van der Waals surface area contributed by atoms with Crippen LogP contribution in [0.25, 0.3) is 0 Å². The Morgan fingerprint density at radius 1 is 0.833 bits per heavy atom. The van der Waals surface area contributed by atoms with Crippen LogP contribution in [-0.2, 0) is 9.53 Å². The minimum absolute atomic E-state index is 0. The number of aliphatic hydroxyl groups excluding tert-OH is 2. The molecule has 0 aliphatic carbocycles. The van der Waals surface area contributed by atoms with Gasteiger partial charge in [-0.15, -0.1) is 12.4 Å². The summed E-state index contributed by atoms with van der Waals surface area (Å²) in [4.78, 5) is 14.1. The van der Waals surface area contributed by atoms with E-state index in [-0.39, 0.29) is 30.6 Å². The molecule has 1 fully saturated rings. The largest absolute Gasteiger partial charge is 0.464 e. The number of halogens is 1. The number of rotatable bonds is 19. The highest BCUT2D eigenvalue weighted by Crippen LogP contribution is 2.15. The summed E-state index contributed by atoms with van der Waals surface area (Å²) >= 11 is 0. The molecule has 1 saturated heterocycles. The zero-order valence-electron chi connectivity index (χ0n) is 19.4. The molecule has 1 aliphatic rings. The summed E-state index contributed by atoms with van der Waals surface area (Å²) in [6.45, 7) is 5.89. The van der Waals surface area contributed by atoms with Crippen molar-refractivity contribution in [2.24, 2.45) is 0 Å². The van der Waals surface area contributed by atoms with Gasteiger partial charge in [-0.2, -0.15) is 0 Å². The molecule has 1 rings (SSSR count). The summed E-state index contributed by atoms with van der Waals surface area (Å²) in [6, 6.07) is 0. The third kappa shape index (κ3) is 17.3. The molecule has 180 valence electrons. The molecule has 0 aromatic heterocycles. The monoisotopic (exact) mass is 449 g/mol. The van der Waals surface area contributed by atoms with Crippen LogP contribution in [0.1, 0.15) is 110 Å². The molecule has 6 heteroatoms. The van der Waals surface area contributed by atoms with Crippen LogP contribution in [0.2, 0.25) is 0 Å². The van der Waals surface area contributed by atoms with Gasteiger partial charge in [0.2, 0.25) is 0 Å². The molecule has 0 aromatic rings. The number of hydrogen-bond acceptors (Lipinski definition) is 5. The van der Waals surface area contributed by atoms with Crippen LogP contribution in [0.3, 0.4) is 0 Å². The van der Waals surface area contributed by atoms with Crippen molar-refractivity contribution in [2.45, 2.75) is 122 Å². The van der Waals surface area contributed by atoms with E-state index in [1.807, 2.05) is 0 Å². The van der Waals surface area contributed by atoms with Gasteiger partial charge < -0.3 is 14.9 Å². The van der Waals surface area contributed by atoms with Crippen molar-refractivity contribution in [3.63, 3.8) is 0 Å². The van der Waals surface area contributed by atoms with Gasteiger partial charge in [-0.25, -0.2) is 0 Å². The molecular weight excluding hydrogens is 402 g/mol. The molecule has 30 heavy (non-hydrogen) atoms. The van der Waals surface area contributed by atoms with E-state index in [0.717, 1.165) is 83.8 Å². The normalized spacial score (nSPS) is 16.2. The fourth-order valence-electron chi connectivity index (χ4n) is 4.03. The van der Waals surface area contributed by atoms with Gasteiger partial charge in [0.1, 0.15) is 6.61 Å². The zero-order chi connectivity index (χ0) is 21.2. The Bertz CT molecular complexity index is 391. The summed E-state index contributed by atoms with van der Waals surface area (Å²) in [7, 11) is 0. The number of carbonyl (C=O) groups excluding carboxylic acids is 1. The number of aliphatic hydroxyl groups is 2. The predicted octanol–water partition coefficient (Wildman–Crippen LogP) is 5.25. The first kappa shape index (κ1) is 29.6. The summed E-state index contributed by atoms with van der Waals surface area (Å²) in [5.74, 6) is -0.0517. The van der Waals surface area contributed by atoms with Crippen molar-refractivity contribution in [2.75, 3.05) is 26.2 Å². The second kappa shape index (κ2) is 20.5. The molecule has 2 unspecified atom stereocenters. The molecule has 1 aliphatic heterocycles. The summed E-state index contributed by atoms with van der Waals surface area (Å²) in [6.07, 6.45) is 15.6. The lowest BCUT2D eigenvalue weighted by Crippen LogP contribution is -2.25. The number of nitrogens with zero attached hydrogens (tertiary/aromatic N) is 1. The summed E-state index contributed by atoms with van der Waals surface area (Å²) in [5.41, 5.74) is 0. The van der Waals surface area contributed by atoms with E-state index in [1.165, 1.54) is 25.7 Å². The lowest BCUT2D eigenvalue weighted by Gasteiger charge is -2.14. The highest BCUT2D eigenvalue weighted by Gasteiger charge is 2.12. The van der Waals surface area contributed by atoms with Crippen LogP contribution in [0, 0.1) is 0 Å². The maximum Gasteiger partial charge on any atom is 0.305 e. The molecule has 0 amide bonds. The number of ether oxygens (including phenoxy) is 1. The van der Waals surface area contributed by atoms with Gasteiger partial charge in [0.25, 0.3) is 0 Å². The van der Waals surface area contributed by atoms with Crippen molar-refractivity contribution in [1.82, 2.24) is 4.90 Å². The smallest absolute Gasteiger partial charge is 0.305 e. The van der Waals surface area contributed by atoms with Crippen molar-refractivity contribution in [3.05, 3.63) is 0 Å². The van der Waals surface area contributed by atoms with Crippen LogP contribution in [0.5, 0.6) is 0 Å². The topological polar surface area (TPSA) is 70.0 Å². The zero-order valence-corrected chi connectivity index (χ0v) is 20.2. The molecule has 0 bridgehead atoms. The Hall–Kier alpha value is -0.360. The van der Waals surface area contributed by atoms with E-state index in [1.54, 1.807) is 0 Å². The van der Waals surface area contributed by atoms with Gasteiger partial charge in [0, 0.05) is 13.0 Å². The first-order valence-electron chi connectivity index (χ1n) is 12.4. The number of carbonyl (C=O) groups is 1. The highest BCUT2D eigenvalue weighted by molar-refractivity contribution is 5.85. The highest BCUT2D eigenvalue weighted by atomic mass is 35.5. The number of likely N-dealkylation sites (tertiary alicyclic amines) is 1. The summed E-state index contributed by atoms with van der Waals surface area (Å²) < 4.78 is 5.32. The SMILES string of the molecule is CCCCCC(O)CCC(O)CCCCCCCCC(=O)OCCN1CCCC1.Cl. The van der Waals surface area contributed by atoms with Gasteiger partial charge in [-0.3, -0.25) is 9.69 Å². The first-order valence-corrected chi connectivity index (χ1v) is 12.4.